The third-order valence-electron chi connectivity index (χ3n) is 7.58. The van der Waals surface area contributed by atoms with E-state index in [1.165, 1.54) is 28.9 Å². The topological polar surface area (TPSA) is 99.2 Å². The Balaban J connectivity index is 1.65. The first-order chi connectivity index (χ1) is 19.1. The van der Waals surface area contributed by atoms with Gasteiger partial charge in [0.25, 0.3) is 0 Å². The number of carbonyl (C=O) groups is 1. The molecule has 40 heavy (non-hydrogen) atoms. The van der Waals surface area contributed by atoms with Crippen molar-refractivity contribution in [3.8, 4) is 17.6 Å². The highest BCUT2D eigenvalue weighted by Crippen LogP contribution is 2.34. The molecular weight excluding hydrogens is 533 g/mol. The molecule has 0 bridgehead atoms. The molecule has 0 aromatic heterocycles. The van der Waals surface area contributed by atoms with Crippen LogP contribution in [0.2, 0.25) is 0 Å². The molecule has 2 N–H and O–H groups in total. The molecule has 2 aromatic rings. The first-order valence-electron chi connectivity index (χ1n) is 13.8. The summed E-state index contributed by atoms with van der Waals surface area (Å²) in [6.45, 7) is 3.55. The predicted molar refractivity (Wildman–Crippen MR) is 151 cm³/mol. The van der Waals surface area contributed by atoms with Crippen LogP contribution in [-0.2, 0) is 10.0 Å². The third-order valence-corrected chi connectivity index (χ3v) is 9.60. The lowest BCUT2D eigenvalue weighted by Crippen LogP contribution is -2.52. The normalized spacial score (nSPS) is 21.9. The molecule has 1 heterocycles. The summed E-state index contributed by atoms with van der Waals surface area (Å²) >= 11 is 0. The molecule has 1 aliphatic heterocycles. The molecule has 1 fully saturated rings. The van der Waals surface area contributed by atoms with Crippen LogP contribution in [0.3, 0.4) is 0 Å². The van der Waals surface area contributed by atoms with Gasteiger partial charge in [0.2, 0.25) is 10.0 Å². The second-order valence-electron chi connectivity index (χ2n) is 10.8. The van der Waals surface area contributed by atoms with Crippen molar-refractivity contribution in [2.45, 2.75) is 69.0 Å². The van der Waals surface area contributed by atoms with Crippen molar-refractivity contribution in [3.63, 3.8) is 0 Å². The molecule has 0 radical (unpaired) electrons. The van der Waals surface area contributed by atoms with Crippen LogP contribution >= 0.6 is 0 Å². The fourth-order valence-corrected chi connectivity index (χ4v) is 6.94. The van der Waals surface area contributed by atoms with Gasteiger partial charge in [0.05, 0.1) is 13.2 Å². The number of nitrogens with zero attached hydrogens (tertiary/aromatic N) is 2. The van der Waals surface area contributed by atoms with Crippen molar-refractivity contribution in [1.29, 1.82) is 0 Å². The fraction of sp³-hybridized carbons (Fsp3) is 0.500. The van der Waals surface area contributed by atoms with Crippen LogP contribution in [0.1, 0.15) is 57.1 Å². The Hall–Kier alpha value is -3.13. The molecule has 2 amide bonds. The number of ether oxygens (including phenoxy) is 1. The van der Waals surface area contributed by atoms with Crippen molar-refractivity contribution in [1.82, 2.24) is 14.5 Å². The lowest BCUT2D eigenvalue weighted by Gasteiger charge is -2.37. The van der Waals surface area contributed by atoms with Gasteiger partial charge < -0.3 is 20.1 Å². The van der Waals surface area contributed by atoms with Crippen LogP contribution in [0.5, 0.6) is 5.75 Å². The molecule has 0 spiro atoms. The minimum absolute atomic E-state index is 0.0321. The van der Waals surface area contributed by atoms with E-state index < -0.39 is 28.0 Å². The summed E-state index contributed by atoms with van der Waals surface area (Å²) in [5.41, 5.74) is 0.982. The number of likely N-dealkylation sites (N-methyl/N-ethyl adjacent to an activating group) is 1. The number of rotatable bonds is 5. The largest absolute Gasteiger partial charge is 0.487 e. The van der Waals surface area contributed by atoms with Crippen LogP contribution < -0.4 is 10.1 Å². The number of carbonyl (C=O) groups excluding carboxylic acids is 1. The van der Waals surface area contributed by atoms with Crippen LogP contribution in [0.4, 0.5) is 9.18 Å². The van der Waals surface area contributed by atoms with Gasteiger partial charge in [-0.1, -0.05) is 44.1 Å². The van der Waals surface area contributed by atoms with E-state index in [1.54, 1.807) is 43.1 Å². The lowest BCUT2D eigenvalue weighted by atomic mass is 9.96. The molecule has 216 valence electrons. The second kappa shape index (κ2) is 13.0. The molecule has 8 nitrogen and oxygen atoms in total. The molecule has 10 heteroatoms. The van der Waals surface area contributed by atoms with Gasteiger partial charge in [-0.3, -0.25) is 0 Å². The van der Waals surface area contributed by atoms with E-state index in [9.17, 15) is 22.7 Å². The molecule has 2 aliphatic rings. The smallest absolute Gasteiger partial charge is 0.317 e. The SMILES string of the molecule is C[C@H]1CN([C@@H](C)CO)S(=O)(=O)c2ccc(C#Cc3cccc(F)c3)cc2O[C@@H]1CN(C)C(=O)NC1CCCCC1. The van der Waals surface area contributed by atoms with Gasteiger partial charge in [-0.15, -0.1) is 0 Å². The summed E-state index contributed by atoms with van der Waals surface area (Å²) in [7, 11) is -2.30. The minimum Gasteiger partial charge on any atom is -0.487 e. The number of amides is 2. The van der Waals surface area contributed by atoms with Crippen LogP contribution in [0, 0.1) is 23.6 Å². The average Bonchev–Trinajstić information content (AvgIpc) is 2.93. The molecule has 1 saturated carbocycles. The number of sulfonamides is 1. The first kappa shape index (κ1) is 29.8. The molecule has 3 atom stereocenters. The number of halogens is 1. The van der Waals surface area contributed by atoms with Crippen molar-refractivity contribution < 1.29 is 27.4 Å². The summed E-state index contributed by atoms with van der Waals surface area (Å²) < 4.78 is 48.6. The zero-order chi connectivity index (χ0) is 28.9. The number of hydrogen-bond acceptors (Lipinski definition) is 5. The molecule has 0 unspecified atom stereocenters. The Morgan fingerprint density at radius 1 is 1.18 bits per heavy atom. The quantitative estimate of drug-likeness (QED) is 0.530. The lowest BCUT2D eigenvalue weighted by molar-refractivity contribution is 0.0806. The third kappa shape index (κ3) is 7.14. The predicted octanol–water partition coefficient (Wildman–Crippen LogP) is 3.97. The number of urea groups is 1. The molecule has 0 saturated heterocycles. The number of fused-ring (bicyclic) bond motifs is 1. The van der Waals surface area contributed by atoms with E-state index in [-0.39, 0.29) is 48.3 Å². The van der Waals surface area contributed by atoms with Crippen molar-refractivity contribution in [3.05, 3.63) is 59.4 Å². The van der Waals surface area contributed by atoms with E-state index in [0.29, 0.717) is 11.1 Å². The van der Waals surface area contributed by atoms with Crippen LogP contribution in [-0.4, -0.2) is 73.7 Å². The summed E-state index contributed by atoms with van der Waals surface area (Å²) in [6, 6.07) is 9.82. The number of aliphatic hydroxyl groups excluding tert-OH is 1. The second-order valence-corrected chi connectivity index (χ2v) is 12.7. The molecule has 4 rings (SSSR count). The highest BCUT2D eigenvalue weighted by atomic mass is 32.2. The Morgan fingerprint density at radius 2 is 1.88 bits per heavy atom. The zero-order valence-electron chi connectivity index (χ0n) is 23.3. The summed E-state index contributed by atoms with van der Waals surface area (Å²) in [5, 5.41) is 13.0. The number of hydrogen-bond donors (Lipinski definition) is 2. The van der Waals surface area contributed by atoms with Gasteiger partial charge in [0.15, 0.2) is 0 Å². The Labute approximate surface area is 236 Å². The van der Waals surface area contributed by atoms with Gasteiger partial charge in [0.1, 0.15) is 22.6 Å². The maximum atomic E-state index is 13.7. The van der Waals surface area contributed by atoms with Crippen LogP contribution in [0.15, 0.2) is 47.4 Å². The molecular formula is C30H38FN3O5S. The highest BCUT2D eigenvalue weighted by molar-refractivity contribution is 7.89. The van der Waals surface area contributed by atoms with Gasteiger partial charge >= 0.3 is 6.03 Å². The standard InChI is InChI=1S/C30H38FN3O5S/c1-21-18-34(22(2)20-35)40(37,38)29-15-14-24(13-12-23-8-7-9-25(31)16-23)17-27(29)39-28(21)19-33(3)30(36)32-26-10-5-4-6-11-26/h7-9,14-17,21-22,26,28,35H,4-6,10-11,18-20H2,1-3H3,(H,32,36)/t21-,22-,28+/m0/s1. The van der Waals surface area contributed by atoms with Crippen molar-refractivity contribution >= 4 is 16.1 Å². The monoisotopic (exact) mass is 571 g/mol. The van der Waals surface area contributed by atoms with E-state index in [2.05, 4.69) is 17.2 Å². The van der Waals surface area contributed by atoms with Crippen molar-refractivity contribution in [2.75, 3.05) is 26.7 Å². The molecule has 2 aromatic carbocycles. The van der Waals surface area contributed by atoms with E-state index in [0.717, 1.165) is 25.7 Å². The van der Waals surface area contributed by atoms with E-state index >= 15 is 0 Å². The number of nitrogens with one attached hydrogen (secondary N) is 1. The highest BCUT2D eigenvalue weighted by Gasteiger charge is 2.38. The zero-order valence-corrected chi connectivity index (χ0v) is 24.1. The first-order valence-corrected chi connectivity index (χ1v) is 15.2. The van der Waals surface area contributed by atoms with Gasteiger partial charge in [-0.05, 0) is 56.2 Å². The Bertz CT molecular complexity index is 1370. The van der Waals surface area contributed by atoms with Crippen molar-refractivity contribution in [2.24, 2.45) is 5.92 Å². The maximum Gasteiger partial charge on any atom is 0.317 e. The molecule has 1 aliphatic carbocycles. The fourth-order valence-electron chi connectivity index (χ4n) is 5.12. The minimum atomic E-state index is -4.01. The maximum absolute atomic E-state index is 13.7. The summed E-state index contributed by atoms with van der Waals surface area (Å²) in [5.74, 6) is 5.28. The summed E-state index contributed by atoms with van der Waals surface area (Å²) in [6.07, 6.45) is 4.80. The van der Waals surface area contributed by atoms with Gasteiger partial charge in [0, 0.05) is 42.7 Å². The van der Waals surface area contributed by atoms with E-state index in [1.807, 2.05) is 6.92 Å². The van der Waals surface area contributed by atoms with Gasteiger partial charge in [-0.2, -0.15) is 4.31 Å². The summed E-state index contributed by atoms with van der Waals surface area (Å²) in [4.78, 5) is 14.5. The van der Waals surface area contributed by atoms with Gasteiger partial charge in [-0.25, -0.2) is 17.6 Å². The van der Waals surface area contributed by atoms with Crippen LogP contribution in [0.25, 0.3) is 0 Å². The number of benzene rings is 2. The average molecular weight is 572 g/mol. The Morgan fingerprint density at radius 3 is 2.55 bits per heavy atom. The Kier molecular flexibility index (Phi) is 9.72. The van der Waals surface area contributed by atoms with E-state index in [4.69, 9.17) is 4.74 Å². The number of aliphatic hydroxyl groups is 1.